The molecule has 1 aliphatic rings. The van der Waals surface area contributed by atoms with Gasteiger partial charge in [0.25, 0.3) is 0 Å². The fourth-order valence-electron chi connectivity index (χ4n) is 4.26. The van der Waals surface area contributed by atoms with Crippen LogP contribution in [0, 0.1) is 20.8 Å². The maximum absolute atomic E-state index is 13.4. The summed E-state index contributed by atoms with van der Waals surface area (Å²) in [6.45, 7) is 5.98. The van der Waals surface area contributed by atoms with Crippen LogP contribution in [-0.2, 0) is 9.59 Å². The third-order valence-electron chi connectivity index (χ3n) is 5.82. The number of hydrogen-bond acceptors (Lipinski definition) is 4. The summed E-state index contributed by atoms with van der Waals surface area (Å²) in [4.78, 5) is 29.0. The summed E-state index contributed by atoms with van der Waals surface area (Å²) >= 11 is 1.65. The number of benzene rings is 3. The fourth-order valence-corrected chi connectivity index (χ4v) is 5.54. The highest BCUT2D eigenvalue weighted by Crippen LogP contribution is 2.45. The predicted molar refractivity (Wildman–Crippen MR) is 134 cm³/mol. The van der Waals surface area contributed by atoms with Crippen molar-refractivity contribution in [3.05, 3.63) is 82.9 Å². The number of ether oxygens (including phenoxy) is 1. The molecule has 0 saturated carbocycles. The van der Waals surface area contributed by atoms with Crippen LogP contribution in [0.2, 0.25) is 0 Å². The van der Waals surface area contributed by atoms with E-state index >= 15 is 0 Å². The van der Waals surface area contributed by atoms with E-state index in [4.69, 9.17) is 4.74 Å². The molecule has 0 aliphatic carbocycles. The quantitative estimate of drug-likeness (QED) is 0.520. The molecule has 0 fully saturated rings. The Hall–Kier alpha value is -3.25. The normalized spacial score (nSPS) is 15.6. The van der Waals surface area contributed by atoms with Crippen molar-refractivity contribution in [3.63, 3.8) is 0 Å². The van der Waals surface area contributed by atoms with Crippen molar-refractivity contribution < 1.29 is 14.3 Å². The molecule has 0 aromatic heterocycles. The number of nitrogens with zero attached hydrogens (tertiary/aromatic N) is 1. The summed E-state index contributed by atoms with van der Waals surface area (Å²) in [6.07, 6.45) is 0.307. The molecule has 1 N–H and O–H groups in total. The zero-order valence-corrected chi connectivity index (χ0v) is 20.2. The number of amides is 2. The molecule has 33 heavy (non-hydrogen) atoms. The third-order valence-corrected chi connectivity index (χ3v) is 7.14. The van der Waals surface area contributed by atoms with Gasteiger partial charge in [-0.25, -0.2) is 0 Å². The predicted octanol–water partition coefficient (Wildman–Crippen LogP) is 5.83. The Morgan fingerprint density at radius 1 is 1.06 bits per heavy atom. The number of nitrogens with one attached hydrogen (secondary N) is 1. The summed E-state index contributed by atoms with van der Waals surface area (Å²) in [5, 5.41) is 2.98. The van der Waals surface area contributed by atoms with Gasteiger partial charge >= 0.3 is 0 Å². The van der Waals surface area contributed by atoms with Crippen LogP contribution in [0.5, 0.6) is 5.75 Å². The third kappa shape index (κ3) is 5.06. The lowest BCUT2D eigenvalue weighted by Gasteiger charge is -2.23. The summed E-state index contributed by atoms with van der Waals surface area (Å²) in [6, 6.07) is 19.7. The number of rotatable bonds is 5. The van der Waals surface area contributed by atoms with E-state index in [1.807, 2.05) is 81.4 Å². The highest BCUT2D eigenvalue weighted by molar-refractivity contribution is 7.99. The average Bonchev–Trinajstić information content (AvgIpc) is 2.93. The second kappa shape index (κ2) is 9.71. The molecule has 5 nitrogen and oxygen atoms in total. The molecule has 0 bridgehead atoms. The second-order valence-corrected chi connectivity index (χ2v) is 9.60. The van der Waals surface area contributed by atoms with E-state index in [1.165, 1.54) is 0 Å². The van der Waals surface area contributed by atoms with Gasteiger partial charge in [-0.15, -0.1) is 11.8 Å². The first-order valence-electron chi connectivity index (χ1n) is 10.9. The first-order valence-corrected chi connectivity index (χ1v) is 11.8. The van der Waals surface area contributed by atoms with Crippen molar-refractivity contribution in [2.75, 3.05) is 23.9 Å². The van der Waals surface area contributed by atoms with Crippen molar-refractivity contribution in [1.29, 1.82) is 0 Å². The van der Waals surface area contributed by atoms with E-state index in [1.54, 1.807) is 23.8 Å². The van der Waals surface area contributed by atoms with Crippen LogP contribution in [0.15, 0.2) is 65.6 Å². The Kier molecular flexibility index (Phi) is 6.75. The fraction of sp³-hybridized carbons (Fsp3) is 0.259. The van der Waals surface area contributed by atoms with Gasteiger partial charge in [-0.2, -0.15) is 0 Å². The molecule has 2 amide bonds. The molecular formula is C27H28N2O3S. The Morgan fingerprint density at radius 3 is 2.39 bits per heavy atom. The zero-order valence-electron chi connectivity index (χ0n) is 19.3. The molecule has 0 spiro atoms. The molecule has 3 aromatic rings. The highest BCUT2D eigenvalue weighted by atomic mass is 32.2. The van der Waals surface area contributed by atoms with Crippen LogP contribution >= 0.6 is 11.8 Å². The number of thioether (sulfide) groups is 1. The second-order valence-electron chi connectivity index (χ2n) is 8.35. The van der Waals surface area contributed by atoms with Crippen molar-refractivity contribution in [2.24, 2.45) is 0 Å². The number of carbonyl (C=O) groups is 2. The summed E-state index contributed by atoms with van der Waals surface area (Å²) in [7, 11) is 1.64. The molecule has 0 unspecified atom stereocenters. The van der Waals surface area contributed by atoms with Gasteiger partial charge in [0.15, 0.2) is 0 Å². The minimum Gasteiger partial charge on any atom is -0.497 e. The molecule has 1 atom stereocenters. The molecule has 1 aliphatic heterocycles. The van der Waals surface area contributed by atoms with Gasteiger partial charge in [-0.05, 0) is 61.7 Å². The molecule has 6 heteroatoms. The Labute approximate surface area is 199 Å². The number of fused-ring (bicyclic) bond motifs is 1. The van der Waals surface area contributed by atoms with E-state index in [0.29, 0.717) is 6.42 Å². The SMILES string of the molecule is COc1ccc([C@H]2CC(=O)N(CC(=O)Nc3c(C)cc(C)cc3C)c3ccccc3S2)cc1. The molecule has 0 radical (unpaired) electrons. The lowest BCUT2D eigenvalue weighted by Crippen LogP contribution is -2.38. The topological polar surface area (TPSA) is 58.6 Å². The minimum absolute atomic E-state index is 0.0293. The number of para-hydroxylation sites is 1. The Morgan fingerprint density at radius 2 is 1.73 bits per heavy atom. The van der Waals surface area contributed by atoms with Crippen LogP contribution in [0.25, 0.3) is 0 Å². The molecule has 3 aromatic carbocycles. The molecule has 1 heterocycles. The van der Waals surface area contributed by atoms with Crippen molar-refractivity contribution >= 4 is 35.0 Å². The summed E-state index contributed by atoms with van der Waals surface area (Å²) in [5.74, 6) is 0.506. The lowest BCUT2D eigenvalue weighted by atomic mass is 10.1. The largest absolute Gasteiger partial charge is 0.497 e. The van der Waals surface area contributed by atoms with Gasteiger partial charge in [-0.3, -0.25) is 9.59 Å². The van der Waals surface area contributed by atoms with E-state index in [2.05, 4.69) is 5.32 Å². The molecule has 4 rings (SSSR count). The maximum Gasteiger partial charge on any atom is 0.244 e. The van der Waals surface area contributed by atoms with E-state index in [9.17, 15) is 9.59 Å². The van der Waals surface area contributed by atoms with Gasteiger partial charge in [0, 0.05) is 22.3 Å². The first kappa shape index (κ1) is 22.9. The van der Waals surface area contributed by atoms with Crippen molar-refractivity contribution in [1.82, 2.24) is 0 Å². The molecule has 170 valence electrons. The summed E-state index contributed by atoms with van der Waals surface area (Å²) in [5.41, 5.74) is 5.82. The number of carbonyl (C=O) groups excluding carboxylic acids is 2. The lowest BCUT2D eigenvalue weighted by molar-refractivity contribution is -0.121. The highest BCUT2D eigenvalue weighted by Gasteiger charge is 2.30. The van der Waals surface area contributed by atoms with Crippen LogP contribution in [-0.4, -0.2) is 25.5 Å². The smallest absolute Gasteiger partial charge is 0.244 e. The Bertz CT molecular complexity index is 1170. The van der Waals surface area contributed by atoms with Crippen LogP contribution < -0.4 is 15.0 Å². The van der Waals surface area contributed by atoms with Crippen molar-refractivity contribution in [3.8, 4) is 5.75 Å². The zero-order chi connectivity index (χ0) is 23.5. The number of anilines is 2. The first-order chi connectivity index (χ1) is 15.9. The standard InChI is InChI=1S/C27H28N2O3S/c1-17-13-18(2)27(19(3)14-17)28-25(30)16-29-22-7-5-6-8-23(22)33-24(15-26(29)31)20-9-11-21(32-4)12-10-20/h5-14,24H,15-16H2,1-4H3,(H,28,30)/t24-/m1/s1. The van der Waals surface area contributed by atoms with Gasteiger partial charge in [0.05, 0.1) is 12.8 Å². The van der Waals surface area contributed by atoms with Crippen molar-refractivity contribution in [2.45, 2.75) is 37.3 Å². The van der Waals surface area contributed by atoms with Crippen LogP contribution in [0.1, 0.15) is 33.9 Å². The maximum atomic E-state index is 13.4. The Balaban J connectivity index is 1.58. The number of methoxy groups -OCH3 is 1. The van der Waals surface area contributed by atoms with Crippen LogP contribution in [0.4, 0.5) is 11.4 Å². The van der Waals surface area contributed by atoms with Crippen LogP contribution in [0.3, 0.4) is 0 Å². The van der Waals surface area contributed by atoms with Gasteiger partial charge in [0.2, 0.25) is 11.8 Å². The molecular weight excluding hydrogens is 432 g/mol. The van der Waals surface area contributed by atoms with E-state index in [0.717, 1.165) is 44.3 Å². The minimum atomic E-state index is -0.207. The molecule has 0 saturated heterocycles. The van der Waals surface area contributed by atoms with E-state index in [-0.39, 0.29) is 23.6 Å². The van der Waals surface area contributed by atoms with Gasteiger partial charge in [-0.1, -0.05) is 42.0 Å². The number of hydrogen-bond donors (Lipinski definition) is 1. The van der Waals surface area contributed by atoms with Gasteiger partial charge < -0.3 is 15.0 Å². The monoisotopic (exact) mass is 460 g/mol. The average molecular weight is 461 g/mol. The summed E-state index contributed by atoms with van der Waals surface area (Å²) < 4.78 is 5.27. The van der Waals surface area contributed by atoms with E-state index < -0.39 is 0 Å². The number of aryl methyl sites for hydroxylation is 3. The van der Waals surface area contributed by atoms with Gasteiger partial charge in [0.1, 0.15) is 12.3 Å².